The van der Waals surface area contributed by atoms with Crippen molar-refractivity contribution in [2.75, 3.05) is 0 Å². The summed E-state index contributed by atoms with van der Waals surface area (Å²) in [6.45, 7) is 2.23. The first-order valence-corrected chi connectivity index (χ1v) is 8.07. The van der Waals surface area contributed by atoms with Gasteiger partial charge in [0.2, 0.25) is 0 Å². The molecular formula is C16H22BrNO. The number of benzene rings is 1. The number of hydrogen-bond acceptors (Lipinski definition) is 1. The van der Waals surface area contributed by atoms with E-state index in [0.29, 0.717) is 12.0 Å². The Morgan fingerprint density at radius 3 is 2.89 bits per heavy atom. The molecule has 0 spiro atoms. The Morgan fingerprint density at radius 2 is 2.16 bits per heavy atom. The topological polar surface area (TPSA) is 29.1 Å². The molecule has 1 N–H and O–H groups in total. The van der Waals surface area contributed by atoms with Crippen molar-refractivity contribution in [1.29, 1.82) is 0 Å². The quantitative estimate of drug-likeness (QED) is 0.846. The number of nitrogens with one attached hydrogen (secondary N) is 1. The lowest BCUT2D eigenvalue weighted by atomic mass is 9.96. The van der Waals surface area contributed by atoms with Gasteiger partial charge in [0, 0.05) is 10.5 Å². The zero-order valence-electron chi connectivity index (χ0n) is 11.5. The second-order valence-corrected chi connectivity index (χ2v) is 6.25. The highest BCUT2D eigenvalue weighted by molar-refractivity contribution is 9.10. The zero-order chi connectivity index (χ0) is 13.7. The third-order valence-corrected chi connectivity index (χ3v) is 4.71. The molecule has 0 heterocycles. The van der Waals surface area contributed by atoms with Crippen LogP contribution in [0.5, 0.6) is 0 Å². The van der Waals surface area contributed by atoms with Gasteiger partial charge in [0.25, 0.3) is 5.91 Å². The lowest BCUT2D eigenvalue weighted by Crippen LogP contribution is -2.37. The summed E-state index contributed by atoms with van der Waals surface area (Å²) in [5.41, 5.74) is 0.739. The first kappa shape index (κ1) is 14.6. The van der Waals surface area contributed by atoms with E-state index in [2.05, 4.69) is 28.2 Å². The van der Waals surface area contributed by atoms with Crippen molar-refractivity contribution < 1.29 is 4.79 Å². The van der Waals surface area contributed by atoms with E-state index in [-0.39, 0.29) is 5.91 Å². The number of halogens is 1. The van der Waals surface area contributed by atoms with Crippen molar-refractivity contribution in [1.82, 2.24) is 5.32 Å². The van der Waals surface area contributed by atoms with E-state index in [4.69, 9.17) is 0 Å². The summed E-state index contributed by atoms with van der Waals surface area (Å²) in [5.74, 6) is 0.729. The molecule has 3 heteroatoms. The van der Waals surface area contributed by atoms with Gasteiger partial charge in [-0.25, -0.2) is 0 Å². The molecule has 1 saturated carbocycles. The van der Waals surface area contributed by atoms with Gasteiger partial charge in [-0.2, -0.15) is 0 Å². The highest BCUT2D eigenvalue weighted by Crippen LogP contribution is 2.30. The molecule has 104 valence electrons. The molecule has 1 fully saturated rings. The summed E-state index contributed by atoms with van der Waals surface area (Å²) in [6, 6.07) is 7.99. The third-order valence-electron chi connectivity index (χ3n) is 4.02. The van der Waals surface area contributed by atoms with E-state index < -0.39 is 0 Å². The van der Waals surface area contributed by atoms with Crippen LogP contribution in [0, 0.1) is 5.92 Å². The molecule has 2 nitrogen and oxygen atoms in total. The molecular weight excluding hydrogens is 302 g/mol. The van der Waals surface area contributed by atoms with Gasteiger partial charge in [0.15, 0.2) is 0 Å². The Morgan fingerprint density at radius 1 is 1.37 bits per heavy atom. The average Bonchev–Trinajstić information content (AvgIpc) is 2.84. The Hall–Kier alpha value is -0.830. The van der Waals surface area contributed by atoms with Crippen LogP contribution in [-0.4, -0.2) is 11.9 Å². The fourth-order valence-electron chi connectivity index (χ4n) is 2.93. The van der Waals surface area contributed by atoms with Crippen LogP contribution in [-0.2, 0) is 0 Å². The Bertz CT molecular complexity index is 433. The van der Waals surface area contributed by atoms with Gasteiger partial charge in [-0.15, -0.1) is 0 Å². The minimum Gasteiger partial charge on any atom is -0.349 e. The van der Waals surface area contributed by atoms with Crippen LogP contribution >= 0.6 is 15.9 Å². The smallest absolute Gasteiger partial charge is 0.252 e. The van der Waals surface area contributed by atoms with Crippen LogP contribution in [0.25, 0.3) is 0 Å². The van der Waals surface area contributed by atoms with E-state index in [1.807, 2.05) is 24.3 Å². The number of carbonyl (C=O) groups excluding carboxylic acids is 1. The Kier molecular flexibility index (Phi) is 5.44. The highest BCUT2D eigenvalue weighted by atomic mass is 79.9. The number of carbonyl (C=O) groups is 1. The van der Waals surface area contributed by atoms with Gasteiger partial charge in [0.1, 0.15) is 0 Å². The van der Waals surface area contributed by atoms with Crippen molar-refractivity contribution in [2.24, 2.45) is 5.92 Å². The Balaban J connectivity index is 1.96. The fraction of sp³-hybridized carbons (Fsp3) is 0.562. The maximum atomic E-state index is 12.3. The molecule has 19 heavy (non-hydrogen) atoms. The summed E-state index contributed by atoms with van der Waals surface area (Å²) >= 11 is 3.44. The van der Waals surface area contributed by atoms with Gasteiger partial charge in [-0.3, -0.25) is 4.79 Å². The largest absolute Gasteiger partial charge is 0.349 e. The second-order valence-electron chi connectivity index (χ2n) is 5.39. The van der Waals surface area contributed by atoms with Crippen molar-refractivity contribution in [3.05, 3.63) is 34.3 Å². The summed E-state index contributed by atoms with van der Waals surface area (Å²) in [7, 11) is 0. The summed E-state index contributed by atoms with van der Waals surface area (Å²) in [5, 5.41) is 3.23. The number of amides is 1. The number of unbranched alkanes of at least 4 members (excludes halogenated alkanes) is 1. The first-order valence-electron chi connectivity index (χ1n) is 7.27. The fourth-order valence-corrected chi connectivity index (χ4v) is 3.40. The van der Waals surface area contributed by atoms with Crippen LogP contribution in [0.15, 0.2) is 28.7 Å². The molecule has 1 aromatic rings. The van der Waals surface area contributed by atoms with Gasteiger partial charge in [0.05, 0.1) is 5.56 Å². The van der Waals surface area contributed by atoms with E-state index in [9.17, 15) is 4.79 Å². The maximum Gasteiger partial charge on any atom is 0.252 e. The minimum atomic E-state index is 0.0564. The number of rotatable bonds is 5. The van der Waals surface area contributed by atoms with Crippen LogP contribution in [0.2, 0.25) is 0 Å². The summed E-state index contributed by atoms with van der Waals surface area (Å²) < 4.78 is 0.871. The van der Waals surface area contributed by atoms with Crippen molar-refractivity contribution in [3.8, 4) is 0 Å². The molecule has 0 aliphatic heterocycles. The molecule has 0 saturated heterocycles. The minimum absolute atomic E-state index is 0.0564. The van der Waals surface area contributed by atoms with E-state index >= 15 is 0 Å². The van der Waals surface area contributed by atoms with Crippen LogP contribution in [0.3, 0.4) is 0 Å². The van der Waals surface area contributed by atoms with Gasteiger partial charge in [-0.1, -0.05) is 38.3 Å². The van der Waals surface area contributed by atoms with Gasteiger partial charge < -0.3 is 5.32 Å². The van der Waals surface area contributed by atoms with E-state index in [0.717, 1.165) is 16.5 Å². The van der Waals surface area contributed by atoms with Crippen molar-refractivity contribution in [3.63, 3.8) is 0 Å². The molecule has 1 aliphatic carbocycles. The molecule has 2 atom stereocenters. The standard InChI is InChI=1S/C16H22BrNO/c1-2-3-7-12-8-6-11-15(12)18-16(19)13-9-4-5-10-14(13)17/h4-5,9-10,12,15H,2-3,6-8,11H2,1H3,(H,18,19). The number of hydrogen-bond donors (Lipinski definition) is 1. The summed E-state index contributed by atoms with van der Waals surface area (Å²) in [4.78, 5) is 12.3. The predicted octanol–water partition coefficient (Wildman–Crippen LogP) is 4.54. The maximum absolute atomic E-state index is 12.3. The lowest BCUT2D eigenvalue weighted by molar-refractivity contribution is 0.0925. The molecule has 0 bridgehead atoms. The normalized spacial score (nSPS) is 22.4. The molecule has 2 rings (SSSR count). The second kappa shape index (κ2) is 7.09. The highest BCUT2D eigenvalue weighted by Gasteiger charge is 2.28. The monoisotopic (exact) mass is 323 g/mol. The summed E-state index contributed by atoms with van der Waals surface area (Å²) in [6.07, 6.45) is 7.39. The zero-order valence-corrected chi connectivity index (χ0v) is 13.1. The van der Waals surface area contributed by atoms with Gasteiger partial charge in [-0.05, 0) is 53.2 Å². The van der Waals surface area contributed by atoms with E-state index in [1.165, 1.54) is 32.1 Å². The third kappa shape index (κ3) is 3.82. The van der Waals surface area contributed by atoms with Crippen molar-refractivity contribution >= 4 is 21.8 Å². The SMILES string of the molecule is CCCCC1CCCC1NC(=O)c1ccccc1Br. The molecule has 0 radical (unpaired) electrons. The first-order chi connectivity index (χ1) is 9.22. The average molecular weight is 324 g/mol. The Labute approximate surface area is 124 Å². The molecule has 0 aromatic heterocycles. The van der Waals surface area contributed by atoms with Crippen LogP contribution < -0.4 is 5.32 Å². The van der Waals surface area contributed by atoms with Crippen LogP contribution in [0.1, 0.15) is 55.8 Å². The molecule has 1 amide bonds. The predicted molar refractivity (Wildman–Crippen MR) is 82.3 cm³/mol. The molecule has 2 unspecified atom stereocenters. The molecule has 1 aromatic carbocycles. The van der Waals surface area contributed by atoms with Crippen LogP contribution in [0.4, 0.5) is 0 Å². The van der Waals surface area contributed by atoms with Crippen molar-refractivity contribution in [2.45, 2.75) is 51.5 Å². The lowest BCUT2D eigenvalue weighted by Gasteiger charge is -2.21. The van der Waals surface area contributed by atoms with Gasteiger partial charge >= 0.3 is 0 Å². The van der Waals surface area contributed by atoms with E-state index in [1.54, 1.807) is 0 Å². The molecule has 1 aliphatic rings.